The molecule has 2 aromatic carbocycles. The van der Waals surface area contributed by atoms with Crippen LogP contribution in [0.25, 0.3) is 0 Å². The SMILES string of the molecule is CSc1cccc(NC(=O)CN[C@@H](c2ccc(C)cc2)c2cccs2)c1. The summed E-state index contributed by atoms with van der Waals surface area (Å²) in [5.74, 6) is -0.0445. The Morgan fingerprint density at radius 1 is 1.12 bits per heavy atom. The lowest BCUT2D eigenvalue weighted by Crippen LogP contribution is -2.31. The van der Waals surface area contributed by atoms with Gasteiger partial charge in [-0.25, -0.2) is 0 Å². The van der Waals surface area contributed by atoms with E-state index in [1.165, 1.54) is 10.4 Å². The number of thioether (sulfide) groups is 1. The topological polar surface area (TPSA) is 41.1 Å². The molecule has 0 bridgehead atoms. The lowest BCUT2D eigenvalue weighted by Gasteiger charge is -2.18. The average Bonchev–Trinajstić information content (AvgIpc) is 3.18. The Morgan fingerprint density at radius 2 is 1.92 bits per heavy atom. The molecule has 0 saturated heterocycles. The summed E-state index contributed by atoms with van der Waals surface area (Å²) in [7, 11) is 0. The molecule has 134 valence electrons. The van der Waals surface area contributed by atoms with Crippen LogP contribution in [0.5, 0.6) is 0 Å². The first kappa shape index (κ1) is 18.7. The van der Waals surface area contributed by atoms with E-state index in [1.807, 2.05) is 36.6 Å². The molecule has 0 unspecified atom stereocenters. The number of hydrogen-bond acceptors (Lipinski definition) is 4. The number of hydrogen-bond donors (Lipinski definition) is 2. The highest BCUT2D eigenvalue weighted by Crippen LogP contribution is 2.26. The van der Waals surface area contributed by atoms with Crippen LogP contribution in [0.1, 0.15) is 22.0 Å². The van der Waals surface area contributed by atoms with Crippen LogP contribution in [0.15, 0.2) is 70.9 Å². The molecule has 3 aromatic rings. The molecule has 0 radical (unpaired) electrons. The van der Waals surface area contributed by atoms with Gasteiger partial charge in [-0.1, -0.05) is 42.0 Å². The van der Waals surface area contributed by atoms with Crippen molar-refractivity contribution in [3.63, 3.8) is 0 Å². The highest BCUT2D eigenvalue weighted by Gasteiger charge is 2.16. The van der Waals surface area contributed by atoms with E-state index in [0.29, 0.717) is 0 Å². The van der Waals surface area contributed by atoms with E-state index in [2.05, 4.69) is 53.3 Å². The van der Waals surface area contributed by atoms with Crippen molar-refractivity contribution in [2.75, 3.05) is 18.1 Å². The van der Waals surface area contributed by atoms with Crippen molar-refractivity contribution in [3.8, 4) is 0 Å². The molecule has 3 rings (SSSR count). The van der Waals surface area contributed by atoms with Gasteiger partial charge in [0.1, 0.15) is 0 Å². The van der Waals surface area contributed by atoms with Gasteiger partial charge in [-0.15, -0.1) is 23.1 Å². The third-order valence-corrected chi connectivity index (χ3v) is 5.72. The van der Waals surface area contributed by atoms with E-state index in [-0.39, 0.29) is 18.5 Å². The Morgan fingerprint density at radius 3 is 2.62 bits per heavy atom. The number of rotatable bonds is 7. The first-order chi connectivity index (χ1) is 12.7. The molecule has 2 N–H and O–H groups in total. The summed E-state index contributed by atoms with van der Waals surface area (Å²) in [6.45, 7) is 2.33. The van der Waals surface area contributed by atoms with Crippen molar-refractivity contribution in [1.82, 2.24) is 5.32 Å². The number of amides is 1. The molecule has 26 heavy (non-hydrogen) atoms. The van der Waals surface area contributed by atoms with Crippen LogP contribution < -0.4 is 10.6 Å². The molecular formula is C21H22N2OS2. The fraction of sp³-hybridized carbons (Fsp3) is 0.190. The Balaban J connectivity index is 1.67. The van der Waals surface area contributed by atoms with Crippen LogP contribution >= 0.6 is 23.1 Å². The first-order valence-electron chi connectivity index (χ1n) is 8.43. The number of nitrogens with one attached hydrogen (secondary N) is 2. The monoisotopic (exact) mass is 382 g/mol. The Kier molecular flexibility index (Phi) is 6.50. The normalized spacial score (nSPS) is 11.9. The van der Waals surface area contributed by atoms with E-state index in [4.69, 9.17) is 0 Å². The van der Waals surface area contributed by atoms with Crippen LogP contribution in [-0.4, -0.2) is 18.7 Å². The van der Waals surface area contributed by atoms with E-state index < -0.39 is 0 Å². The van der Waals surface area contributed by atoms with Gasteiger partial charge < -0.3 is 5.32 Å². The number of aryl methyl sites for hydroxylation is 1. The molecule has 1 amide bonds. The molecule has 1 aromatic heterocycles. The quantitative estimate of drug-likeness (QED) is 0.559. The molecule has 5 heteroatoms. The summed E-state index contributed by atoms with van der Waals surface area (Å²) in [5.41, 5.74) is 3.21. The van der Waals surface area contributed by atoms with Crippen LogP contribution in [0.4, 0.5) is 5.69 Å². The zero-order chi connectivity index (χ0) is 18.4. The maximum Gasteiger partial charge on any atom is 0.238 e. The smallest absolute Gasteiger partial charge is 0.238 e. The molecule has 0 aliphatic carbocycles. The summed E-state index contributed by atoms with van der Waals surface area (Å²) < 4.78 is 0. The van der Waals surface area contributed by atoms with Crippen molar-refractivity contribution >= 4 is 34.7 Å². The van der Waals surface area contributed by atoms with Crippen molar-refractivity contribution in [1.29, 1.82) is 0 Å². The number of thiophene rings is 1. The summed E-state index contributed by atoms with van der Waals surface area (Å²) >= 11 is 3.35. The van der Waals surface area contributed by atoms with Crippen molar-refractivity contribution in [2.24, 2.45) is 0 Å². The predicted molar refractivity (Wildman–Crippen MR) is 112 cm³/mol. The van der Waals surface area contributed by atoms with Crippen molar-refractivity contribution in [2.45, 2.75) is 17.9 Å². The Bertz CT molecular complexity index is 845. The molecule has 0 spiro atoms. The zero-order valence-electron chi connectivity index (χ0n) is 14.9. The fourth-order valence-electron chi connectivity index (χ4n) is 2.70. The number of anilines is 1. The van der Waals surface area contributed by atoms with E-state index >= 15 is 0 Å². The predicted octanol–water partition coefficient (Wildman–Crippen LogP) is 5.10. The van der Waals surface area contributed by atoms with E-state index in [1.54, 1.807) is 23.1 Å². The van der Waals surface area contributed by atoms with Gasteiger partial charge in [0, 0.05) is 15.5 Å². The number of benzene rings is 2. The van der Waals surface area contributed by atoms with Crippen LogP contribution in [-0.2, 0) is 4.79 Å². The van der Waals surface area contributed by atoms with Gasteiger partial charge in [0.25, 0.3) is 0 Å². The molecule has 1 heterocycles. The second-order valence-corrected chi connectivity index (χ2v) is 7.88. The van der Waals surface area contributed by atoms with Gasteiger partial charge in [-0.3, -0.25) is 10.1 Å². The van der Waals surface area contributed by atoms with Crippen LogP contribution in [0, 0.1) is 6.92 Å². The fourth-order valence-corrected chi connectivity index (χ4v) is 3.98. The minimum absolute atomic E-state index is 0.0129. The number of carbonyl (C=O) groups excluding carboxylic acids is 1. The second-order valence-electron chi connectivity index (χ2n) is 6.02. The average molecular weight is 383 g/mol. The number of carbonyl (C=O) groups is 1. The highest BCUT2D eigenvalue weighted by atomic mass is 32.2. The largest absolute Gasteiger partial charge is 0.325 e. The van der Waals surface area contributed by atoms with E-state index in [9.17, 15) is 4.79 Å². The summed E-state index contributed by atoms with van der Waals surface area (Å²) in [6, 6.07) is 20.5. The van der Waals surface area contributed by atoms with Crippen molar-refractivity contribution in [3.05, 3.63) is 82.0 Å². The minimum atomic E-state index is -0.0445. The summed E-state index contributed by atoms with van der Waals surface area (Å²) in [6.07, 6.45) is 2.02. The molecular weight excluding hydrogens is 360 g/mol. The first-order valence-corrected chi connectivity index (χ1v) is 10.5. The van der Waals surface area contributed by atoms with Crippen LogP contribution in [0.2, 0.25) is 0 Å². The lowest BCUT2D eigenvalue weighted by molar-refractivity contribution is -0.115. The lowest BCUT2D eigenvalue weighted by atomic mass is 10.0. The maximum atomic E-state index is 12.4. The van der Waals surface area contributed by atoms with Gasteiger partial charge in [0.2, 0.25) is 5.91 Å². The molecule has 3 nitrogen and oxygen atoms in total. The third kappa shape index (κ3) is 4.97. The minimum Gasteiger partial charge on any atom is -0.325 e. The zero-order valence-corrected chi connectivity index (χ0v) is 16.5. The molecule has 0 aliphatic heterocycles. The van der Waals surface area contributed by atoms with Crippen LogP contribution in [0.3, 0.4) is 0 Å². The van der Waals surface area contributed by atoms with Gasteiger partial charge in [0.15, 0.2) is 0 Å². The third-order valence-electron chi connectivity index (χ3n) is 4.06. The van der Waals surface area contributed by atoms with E-state index in [0.717, 1.165) is 16.1 Å². The molecule has 0 fully saturated rings. The Hall–Kier alpha value is -2.08. The van der Waals surface area contributed by atoms with Gasteiger partial charge in [-0.05, 0) is 48.4 Å². The molecule has 1 atom stereocenters. The second kappa shape index (κ2) is 9.03. The molecule has 0 saturated carbocycles. The standard InChI is InChI=1S/C21H22N2OS2/c1-15-8-10-16(11-9-15)21(19-7-4-12-26-19)22-14-20(24)23-17-5-3-6-18(13-17)25-2/h3-13,21-22H,14H2,1-2H3,(H,23,24)/t21-/m0/s1. The summed E-state index contributed by atoms with van der Waals surface area (Å²) in [5, 5.41) is 8.43. The summed E-state index contributed by atoms with van der Waals surface area (Å²) in [4.78, 5) is 14.7. The van der Waals surface area contributed by atoms with Gasteiger partial charge in [-0.2, -0.15) is 0 Å². The Labute approximate surface area is 162 Å². The highest BCUT2D eigenvalue weighted by molar-refractivity contribution is 7.98. The molecule has 0 aliphatic rings. The van der Waals surface area contributed by atoms with Gasteiger partial charge >= 0.3 is 0 Å². The maximum absolute atomic E-state index is 12.4. The van der Waals surface area contributed by atoms with Gasteiger partial charge in [0.05, 0.1) is 12.6 Å². The van der Waals surface area contributed by atoms with Crippen molar-refractivity contribution < 1.29 is 4.79 Å².